The van der Waals surface area contributed by atoms with Crippen molar-refractivity contribution in [3.8, 4) is 0 Å². The third-order valence-corrected chi connectivity index (χ3v) is 5.50. The van der Waals surface area contributed by atoms with E-state index in [4.69, 9.17) is 11.6 Å². The summed E-state index contributed by atoms with van der Waals surface area (Å²) in [7, 11) is 0. The largest absolute Gasteiger partial charge is 0.417 e. The lowest BCUT2D eigenvalue weighted by Gasteiger charge is -2.12. The molecule has 0 atom stereocenters. The van der Waals surface area contributed by atoms with Gasteiger partial charge in [0.05, 0.1) is 16.3 Å². The summed E-state index contributed by atoms with van der Waals surface area (Å²) < 4.78 is 40.8. The molecule has 30 heavy (non-hydrogen) atoms. The smallest absolute Gasteiger partial charge is 0.325 e. The average molecular weight is 455 g/mol. The number of hydrogen-bond acceptors (Lipinski definition) is 4. The number of nitrogens with zero attached hydrogens (tertiary/aromatic N) is 3. The standard InChI is InChI=1S/C20H18ClF3N4OS/c1-2-28-17(10-13-6-4-3-5-7-13)26-27-19(28)30-12-18(29)25-14-8-9-16(21)15(11-14)20(22,23)24/h3-9,11H,2,10,12H2,1H3,(H,25,29). The molecule has 2 aromatic carbocycles. The van der Waals surface area contributed by atoms with Crippen LogP contribution in [0, 0.1) is 0 Å². The van der Waals surface area contributed by atoms with Gasteiger partial charge in [-0.25, -0.2) is 0 Å². The van der Waals surface area contributed by atoms with Gasteiger partial charge in [-0.2, -0.15) is 13.2 Å². The molecule has 0 unspecified atom stereocenters. The summed E-state index contributed by atoms with van der Waals surface area (Å²) in [6.45, 7) is 2.58. The monoisotopic (exact) mass is 454 g/mol. The highest BCUT2D eigenvalue weighted by molar-refractivity contribution is 7.99. The summed E-state index contributed by atoms with van der Waals surface area (Å²) in [6.07, 6.45) is -3.99. The number of carbonyl (C=O) groups excluding carboxylic acids is 1. The zero-order valence-corrected chi connectivity index (χ0v) is 17.5. The molecule has 0 saturated heterocycles. The zero-order chi connectivity index (χ0) is 21.7. The molecule has 0 fully saturated rings. The third-order valence-electron chi connectivity index (χ3n) is 4.20. The van der Waals surface area contributed by atoms with E-state index in [0.29, 0.717) is 18.1 Å². The molecule has 158 valence electrons. The van der Waals surface area contributed by atoms with Gasteiger partial charge in [0.2, 0.25) is 5.91 Å². The number of aromatic nitrogens is 3. The van der Waals surface area contributed by atoms with Crippen molar-refractivity contribution in [3.05, 3.63) is 70.5 Å². The summed E-state index contributed by atoms with van der Waals surface area (Å²) in [6, 6.07) is 13.1. The van der Waals surface area contributed by atoms with E-state index >= 15 is 0 Å². The number of halogens is 4. The van der Waals surface area contributed by atoms with Gasteiger partial charge in [-0.15, -0.1) is 10.2 Å². The lowest BCUT2D eigenvalue weighted by Crippen LogP contribution is -2.16. The van der Waals surface area contributed by atoms with Crippen LogP contribution in [0.1, 0.15) is 23.9 Å². The number of carbonyl (C=O) groups is 1. The number of anilines is 1. The molecule has 1 heterocycles. The summed E-state index contributed by atoms with van der Waals surface area (Å²) in [5.41, 5.74) is 0.127. The van der Waals surface area contributed by atoms with E-state index in [1.54, 1.807) is 0 Å². The van der Waals surface area contributed by atoms with Crippen LogP contribution in [-0.2, 0) is 23.9 Å². The first-order chi connectivity index (χ1) is 14.3. The highest BCUT2D eigenvalue weighted by atomic mass is 35.5. The predicted molar refractivity (Wildman–Crippen MR) is 111 cm³/mol. The van der Waals surface area contributed by atoms with Crippen LogP contribution in [0.15, 0.2) is 53.7 Å². The number of hydrogen-bond donors (Lipinski definition) is 1. The van der Waals surface area contributed by atoms with Gasteiger partial charge >= 0.3 is 6.18 Å². The Bertz CT molecular complexity index is 1020. The van der Waals surface area contributed by atoms with Crippen molar-refractivity contribution < 1.29 is 18.0 Å². The first-order valence-electron chi connectivity index (χ1n) is 9.03. The molecule has 3 rings (SSSR count). The van der Waals surface area contributed by atoms with Gasteiger partial charge in [0.1, 0.15) is 5.82 Å². The topological polar surface area (TPSA) is 59.8 Å². The zero-order valence-electron chi connectivity index (χ0n) is 15.9. The lowest BCUT2D eigenvalue weighted by atomic mass is 10.1. The van der Waals surface area contributed by atoms with Crippen molar-refractivity contribution in [3.63, 3.8) is 0 Å². The van der Waals surface area contributed by atoms with E-state index in [-0.39, 0.29) is 11.4 Å². The summed E-state index contributed by atoms with van der Waals surface area (Å²) in [5, 5.41) is 11.0. The van der Waals surface area contributed by atoms with Crippen LogP contribution in [0.5, 0.6) is 0 Å². The highest BCUT2D eigenvalue weighted by Gasteiger charge is 2.33. The number of nitrogens with one attached hydrogen (secondary N) is 1. The van der Waals surface area contributed by atoms with Gasteiger partial charge in [-0.05, 0) is 30.7 Å². The molecule has 3 aromatic rings. The Kier molecular flexibility index (Phi) is 7.04. The van der Waals surface area contributed by atoms with Gasteiger partial charge in [0, 0.05) is 18.7 Å². The highest BCUT2D eigenvalue weighted by Crippen LogP contribution is 2.36. The summed E-state index contributed by atoms with van der Waals surface area (Å²) in [5.74, 6) is 0.304. The Morgan fingerprint density at radius 1 is 1.17 bits per heavy atom. The van der Waals surface area contributed by atoms with Crippen LogP contribution >= 0.6 is 23.4 Å². The van der Waals surface area contributed by atoms with Gasteiger partial charge in [0.25, 0.3) is 0 Å². The maximum Gasteiger partial charge on any atom is 0.417 e. The normalized spacial score (nSPS) is 11.5. The maximum atomic E-state index is 13.0. The van der Waals surface area contributed by atoms with Crippen molar-refractivity contribution in [2.45, 2.75) is 31.2 Å². The molecule has 1 amide bonds. The van der Waals surface area contributed by atoms with Crippen molar-refractivity contribution in [1.29, 1.82) is 0 Å². The van der Waals surface area contributed by atoms with E-state index in [1.165, 1.54) is 17.8 Å². The molecule has 0 aliphatic heterocycles. The van der Waals surface area contributed by atoms with Crippen LogP contribution in [0.3, 0.4) is 0 Å². The average Bonchev–Trinajstić information content (AvgIpc) is 3.09. The summed E-state index contributed by atoms with van der Waals surface area (Å²) >= 11 is 6.77. The Morgan fingerprint density at radius 2 is 1.90 bits per heavy atom. The fourth-order valence-electron chi connectivity index (χ4n) is 2.80. The minimum atomic E-state index is -4.60. The van der Waals surface area contributed by atoms with Gasteiger partial charge in [0.15, 0.2) is 5.16 Å². The predicted octanol–water partition coefficient (Wildman–Crippen LogP) is 5.29. The molecule has 0 radical (unpaired) electrons. The van der Waals surface area contributed by atoms with E-state index in [2.05, 4.69) is 15.5 Å². The maximum absolute atomic E-state index is 13.0. The van der Waals surface area contributed by atoms with Crippen LogP contribution in [0.2, 0.25) is 5.02 Å². The third kappa shape index (κ3) is 5.54. The first-order valence-corrected chi connectivity index (χ1v) is 10.4. The Morgan fingerprint density at radius 3 is 2.57 bits per heavy atom. The van der Waals surface area contributed by atoms with Gasteiger partial charge in [-0.1, -0.05) is 53.7 Å². The molecule has 0 aliphatic carbocycles. The minimum absolute atomic E-state index is 0.0204. The molecular weight excluding hydrogens is 437 g/mol. The van der Waals surface area contributed by atoms with Crippen LogP contribution < -0.4 is 5.32 Å². The number of amides is 1. The molecule has 10 heteroatoms. The minimum Gasteiger partial charge on any atom is -0.325 e. The Hall–Kier alpha value is -2.52. The van der Waals surface area contributed by atoms with Gasteiger partial charge in [-0.3, -0.25) is 4.79 Å². The second kappa shape index (κ2) is 9.53. The van der Waals surface area contributed by atoms with E-state index in [1.807, 2.05) is 41.8 Å². The van der Waals surface area contributed by atoms with Crippen molar-refractivity contribution >= 4 is 35.0 Å². The Labute approximate surface area is 180 Å². The number of rotatable bonds is 7. The quantitative estimate of drug-likeness (QED) is 0.493. The molecule has 5 nitrogen and oxygen atoms in total. The second-order valence-corrected chi connectivity index (χ2v) is 7.68. The van der Waals surface area contributed by atoms with Crippen molar-refractivity contribution in [2.24, 2.45) is 0 Å². The molecule has 0 saturated carbocycles. The molecule has 1 aromatic heterocycles. The van der Waals surface area contributed by atoms with Crippen LogP contribution in [0.4, 0.5) is 18.9 Å². The van der Waals surface area contributed by atoms with Crippen molar-refractivity contribution in [1.82, 2.24) is 14.8 Å². The van der Waals surface area contributed by atoms with E-state index < -0.39 is 22.7 Å². The SMILES string of the molecule is CCn1c(Cc2ccccc2)nnc1SCC(=O)Nc1ccc(Cl)c(C(F)(F)F)c1. The fraction of sp³-hybridized carbons (Fsp3) is 0.250. The fourth-order valence-corrected chi connectivity index (χ4v) is 3.85. The van der Waals surface area contributed by atoms with Crippen molar-refractivity contribution in [2.75, 3.05) is 11.1 Å². The Balaban J connectivity index is 1.64. The second-order valence-electron chi connectivity index (χ2n) is 6.33. The molecule has 1 N–H and O–H groups in total. The number of alkyl halides is 3. The summed E-state index contributed by atoms with van der Waals surface area (Å²) in [4.78, 5) is 12.2. The lowest BCUT2D eigenvalue weighted by molar-refractivity contribution is -0.137. The van der Waals surface area contributed by atoms with E-state index in [0.717, 1.165) is 23.5 Å². The molecular formula is C20H18ClF3N4OS. The molecule has 0 bridgehead atoms. The van der Waals surface area contributed by atoms with Gasteiger partial charge < -0.3 is 9.88 Å². The van der Waals surface area contributed by atoms with E-state index in [9.17, 15) is 18.0 Å². The molecule has 0 aliphatic rings. The van der Waals surface area contributed by atoms with Crippen LogP contribution in [-0.4, -0.2) is 26.4 Å². The van der Waals surface area contributed by atoms with Crippen LogP contribution in [0.25, 0.3) is 0 Å². The first kappa shape index (κ1) is 22.2. The number of benzene rings is 2. The number of thioether (sulfide) groups is 1. The molecule has 0 spiro atoms.